The number of aliphatic carboxylic acids is 1. The molecule has 3 aromatic rings. The highest BCUT2D eigenvalue weighted by Crippen LogP contribution is 2.33. The van der Waals surface area contributed by atoms with E-state index in [2.05, 4.69) is 0 Å². The van der Waals surface area contributed by atoms with Crippen LogP contribution in [0.15, 0.2) is 88.7 Å². The maximum Gasteiger partial charge on any atom is 0.337 e. The maximum atomic E-state index is 13.2. The summed E-state index contributed by atoms with van der Waals surface area (Å²) >= 11 is 7.11. The molecule has 156 valence electrons. The molecule has 8 heteroatoms. The van der Waals surface area contributed by atoms with Crippen LogP contribution in [0.3, 0.4) is 0 Å². The van der Waals surface area contributed by atoms with Gasteiger partial charge in [-0.05, 0) is 29.8 Å². The van der Waals surface area contributed by atoms with E-state index >= 15 is 0 Å². The van der Waals surface area contributed by atoms with Gasteiger partial charge in [-0.15, -0.1) is 11.8 Å². The second-order valence-corrected chi connectivity index (χ2v) is 10.1. The van der Waals surface area contributed by atoms with Crippen LogP contribution in [0.25, 0.3) is 11.1 Å². The van der Waals surface area contributed by atoms with Crippen molar-refractivity contribution in [1.82, 2.24) is 0 Å². The van der Waals surface area contributed by atoms with E-state index in [0.717, 1.165) is 16.7 Å². The molecule has 0 unspecified atom stereocenters. The third-order valence-electron chi connectivity index (χ3n) is 4.41. The number of aliphatic hydroxyl groups is 1. The van der Waals surface area contributed by atoms with E-state index in [1.165, 1.54) is 6.07 Å². The number of sulfone groups is 1. The number of carboxylic acids is 1. The number of benzene rings is 3. The van der Waals surface area contributed by atoms with E-state index in [0.29, 0.717) is 11.1 Å². The molecule has 0 amide bonds. The molecule has 3 rings (SSSR count). The minimum Gasteiger partial charge on any atom is -0.479 e. The SMILES string of the molecule is O=C(O)[C@@](O)(CSc1ccccc1)CS(=O)(=O)c1cc(Cl)ccc1-c1ccccc1. The van der Waals surface area contributed by atoms with Gasteiger partial charge in [0.25, 0.3) is 0 Å². The Morgan fingerprint density at radius 3 is 2.17 bits per heavy atom. The molecule has 0 radical (unpaired) electrons. The van der Waals surface area contributed by atoms with Gasteiger partial charge in [-0.25, -0.2) is 13.2 Å². The van der Waals surface area contributed by atoms with Gasteiger partial charge in [-0.1, -0.05) is 66.2 Å². The molecule has 30 heavy (non-hydrogen) atoms. The zero-order valence-corrected chi connectivity index (χ0v) is 18.1. The standard InChI is InChI=1S/C22H19ClO5S2/c23-17-11-12-19(16-7-3-1-4-8-16)20(13-17)30(27,28)15-22(26,21(24)25)14-29-18-9-5-2-6-10-18/h1-13,26H,14-15H2,(H,24,25)/t22-/m1/s1. The molecule has 0 spiro atoms. The molecule has 0 aromatic heterocycles. The van der Waals surface area contributed by atoms with Crippen LogP contribution in [0.4, 0.5) is 0 Å². The molecule has 5 nitrogen and oxygen atoms in total. The van der Waals surface area contributed by atoms with Crippen molar-refractivity contribution in [2.75, 3.05) is 11.5 Å². The van der Waals surface area contributed by atoms with Gasteiger partial charge in [-0.2, -0.15) is 0 Å². The van der Waals surface area contributed by atoms with Crippen molar-refractivity contribution in [3.63, 3.8) is 0 Å². The van der Waals surface area contributed by atoms with Crippen LogP contribution in [-0.2, 0) is 14.6 Å². The highest BCUT2D eigenvalue weighted by atomic mass is 35.5. The molecule has 0 bridgehead atoms. The summed E-state index contributed by atoms with van der Waals surface area (Å²) in [5.41, 5.74) is -1.44. The highest BCUT2D eigenvalue weighted by molar-refractivity contribution is 7.99. The van der Waals surface area contributed by atoms with E-state index in [9.17, 15) is 23.4 Å². The smallest absolute Gasteiger partial charge is 0.337 e. The molecule has 0 fully saturated rings. The van der Waals surface area contributed by atoms with Gasteiger partial charge in [0.05, 0.1) is 10.6 Å². The van der Waals surface area contributed by atoms with Crippen molar-refractivity contribution in [2.45, 2.75) is 15.4 Å². The average molecular weight is 463 g/mol. The lowest BCUT2D eigenvalue weighted by Gasteiger charge is -2.23. The van der Waals surface area contributed by atoms with Crippen LogP contribution in [-0.4, -0.2) is 41.7 Å². The van der Waals surface area contributed by atoms with Crippen molar-refractivity contribution in [1.29, 1.82) is 0 Å². The van der Waals surface area contributed by atoms with Crippen molar-refractivity contribution in [2.24, 2.45) is 0 Å². The van der Waals surface area contributed by atoms with Gasteiger partial charge >= 0.3 is 5.97 Å². The Bertz CT molecular complexity index is 1130. The Hall–Kier alpha value is -2.32. The summed E-state index contributed by atoms with van der Waals surface area (Å²) in [5.74, 6) is -2.90. The molecule has 3 aromatic carbocycles. The maximum absolute atomic E-state index is 13.2. The van der Waals surface area contributed by atoms with Crippen LogP contribution in [0.1, 0.15) is 0 Å². The molecule has 1 atom stereocenters. The van der Waals surface area contributed by atoms with Crippen molar-refractivity contribution >= 4 is 39.2 Å². The average Bonchev–Trinajstić information content (AvgIpc) is 2.73. The van der Waals surface area contributed by atoms with Gasteiger partial charge in [0.15, 0.2) is 15.4 Å². The molecule has 0 saturated carbocycles. The minimum absolute atomic E-state index is 0.120. The van der Waals surface area contributed by atoms with Crippen LogP contribution >= 0.6 is 23.4 Å². The van der Waals surface area contributed by atoms with Gasteiger partial charge in [0.1, 0.15) is 0 Å². The Morgan fingerprint density at radius 1 is 0.967 bits per heavy atom. The summed E-state index contributed by atoms with van der Waals surface area (Å²) in [5, 5.41) is 20.6. The predicted molar refractivity (Wildman–Crippen MR) is 119 cm³/mol. The first-order valence-electron chi connectivity index (χ1n) is 8.93. The summed E-state index contributed by atoms with van der Waals surface area (Å²) in [4.78, 5) is 12.4. The molecule has 0 heterocycles. The van der Waals surface area contributed by atoms with E-state index in [-0.39, 0.29) is 15.7 Å². The van der Waals surface area contributed by atoms with E-state index in [1.54, 1.807) is 66.7 Å². The fourth-order valence-electron chi connectivity index (χ4n) is 2.89. The monoisotopic (exact) mass is 462 g/mol. The molecule has 0 aliphatic carbocycles. The Kier molecular flexibility index (Phi) is 6.88. The van der Waals surface area contributed by atoms with E-state index < -0.39 is 27.2 Å². The highest BCUT2D eigenvalue weighted by Gasteiger charge is 2.42. The number of halogens is 1. The molecular formula is C22H19ClO5S2. The van der Waals surface area contributed by atoms with Gasteiger partial charge in [0.2, 0.25) is 0 Å². The molecule has 2 N–H and O–H groups in total. The number of thioether (sulfide) groups is 1. The summed E-state index contributed by atoms with van der Waals surface area (Å²) in [7, 11) is -4.20. The summed E-state index contributed by atoms with van der Waals surface area (Å²) in [6.07, 6.45) is 0. The number of rotatable bonds is 8. The zero-order valence-electron chi connectivity index (χ0n) is 15.7. The summed E-state index contributed by atoms with van der Waals surface area (Å²) in [6, 6.07) is 22.1. The predicted octanol–water partition coefficient (Wildman–Crippen LogP) is 4.39. The molecule has 0 aliphatic rings. The lowest BCUT2D eigenvalue weighted by atomic mass is 10.1. The second-order valence-electron chi connectivity index (χ2n) is 6.70. The lowest BCUT2D eigenvalue weighted by Crippen LogP contribution is -2.47. The molecular weight excluding hydrogens is 444 g/mol. The van der Waals surface area contributed by atoms with Crippen LogP contribution in [0.5, 0.6) is 0 Å². The fraction of sp³-hybridized carbons (Fsp3) is 0.136. The zero-order chi connectivity index (χ0) is 21.8. The summed E-state index contributed by atoms with van der Waals surface area (Å²) in [6.45, 7) is 0. The van der Waals surface area contributed by atoms with Crippen LogP contribution in [0, 0.1) is 0 Å². The quantitative estimate of drug-likeness (QED) is 0.482. The van der Waals surface area contributed by atoms with Crippen LogP contribution < -0.4 is 0 Å². The number of hydrogen-bond acceptors (Lipinski definition) is 5. The largest absolute Gasteiger partial charge is 0.479 e. The van der Waals surface area contributed by atoms with Gasteiger partial charge in [-0.3, -0.25) is 0 Å². The minimum atomic E-state index is -4.20. The van der Waals surface area contributed by atoms with Crippen LogP contribution in [0.2, 0.25) is 5.02 Å². The van der Waals surface area contributed by atoms with Crippen molar-refractivity contribution in [3.8, 4) is 11.1 Å². The number of hydrogen-bond donors (Lipinski definition) is 2. The number of carboxylic acid groups (broad SMARTS) is 1. The van der Waals surface area contributed by atoms with Crippen molar-refractivity contribution in [3.05, 3.63) is 83.9 Å². The van der Waals surface area contributed by atoms with E-state index in [4.69, 9.17) is 11.6 Å². The first-order chi connectivity index (χ1) is 14.2. The normalized spacial score (nSPS) is 13.5. The first kappa shape index (κ1) is 22.4. The topological polar surface area (TPSA) is 91.7 Å². The summed E-state index contributed by atoms with van der Waals surface area (Å²) < 4.78 is 26.4. The first-order valence-corrected chi connectivity index (χ1v) is 11.9. The number of carbonyl (C=O) groups is 1. The third kappa shape index (κ3) is 5.23. The van der Waals surface area contributed by atoms with Gasteiger partial charge < -0.3 is 10.2 Å². The molecule has 0 aliphatic heterocycles. The van der Waals surface area contributed by atoms with Crippen molar-refractivity contribution < 1.29 is 23.4 Å². The Labute approximate surface area is 184 Å². The Balaban J connectivity index is 1.96. The lowest BCUT2D eigenvalue weighted by molar-refractivity contribution is -0.153. The Morgan fingerprint density at radius 2 is 1.57 bits per heavy atom. The fourth-order valence-corrected chi connectivity index (χ4v) is 6.07. The van der Waals surface area contributed by atoms with E-state index in [1.807, 2.05) is 6.07 Å². The third-order valence-corrected chi connectivity index (χ3v) is 7.74. The molecule has 0 saturated heterocycles. The second kappa shape index (κ2) is 9.22. The van der Waals surface area contributed by atoms with Gasteiger partial charge in [0, 0.05) is 21.2 Å².